The molecule has 1 N–H and O–H groups in total. The number of nitrogens with one attached hydrogen (secondary N) is 1. The van der Waals surface area contributed by atoms with E-state index in [1.807, 2.05) is 4.90 Å². The minimum atomic E-state index is -4.51. The maximum absolute atomic E-state index is 13.1. The lowest BCUT2D eigenvalue weighted by atomic mass is 9.92. The number of hydrogen-bond acceptors (Lipinski definition) is 4. The van der Waals surface area contributed by atoms with Crippen LogP contribution in [0.4, 0.5) is 37.7 Å². The van der Waals surface area contributed by atoms with Crippen molar-refractivity contribution in [1.29, 1.82) is 0 Å². The van der Waals surface area contributed by atoms with Crippen molar-refractivity contribution in [2.45, 2.75) is 50.2 Å². The first-order valence-electron chi connectivity index (χ1n) is 12.3. The highest BCUT2D eigenvalue weighted by atomic mass is 35.5. The van der Waals surface area contributed by atoms with E-state index >= 15 is 0 Å². The van der Waals surface area contributed by atoms with Gasteiger partial charge in [-0.15, -0.1) is 0 Å². The molecule has 2 fully saturated rings. The summed E-state index contributed by atoms with van der Waals surface area (Å²) >= 11 is 11.3. The topological polar surface area (TPSA) is 27.7 Å². The molecular formula is C26H28ClF6N3OS. The lowest BCUT2D eigenvalue weighted by Crippen LogP contribution is -2.49. The summed E-state index contributed by atoms with van der Waals surface area (Å²) in [4.78, 5) is 4.78. The number of ether oxygens (including phenoxy) is 1. The summed E-state index contributed by atoms with van der Waals surface area (Å²) in [6.45, 7) is 2.90. The average molecular weight is 580 g/mol. The van der Waals surface area contributed by atoms with Crippen molar-refractivity contribution < 1.29 is 31.1 Å². The van der Waals surface area contributed by atoms with Crippen LogP contribution < -0.4 is 10.2 Å². The van der Waals surface area contributed by atoms with E-state index in [4.69, 9.17) is 28.6 Å². The molecule has 12 heteroatoms. The normalized spacial score (nSPS) is 20.9. The Balaban J connectivity index is 1.17. The van der Waals surface area contributed by atoms with Crippen molar-refractivity contribution in [2.24, 2.45) is 0 Å². The molecule has 208 valence electrons. The van der Waals surface area contributed by atoms with E-state index in [1.54, 1.807) is 6.07 Å². The lowest BCUT2D eigenvalue weighted by molar-refractivity contribution is -0.138. The fraction of sp³-hybridized carbons (Fsp3) is 0.500. The zero-order chi connectivity index (χ0) is 27.5. The van der Waals surface area contributed by atoms with E-state index in [2.05, 4.69) is 10.2 Å². The molecule has 2 aromatic rings. The van der Waals surface area contributed by atoms with Crippen LogP contribution in [0.2, 0.25) is 5.02 Å². The van der Waals surface area contributed by atoms with Crippen molar-refractivity contribution >= 4 is 40.2 Å². The highest BCUT2D eigenvalue weighted by Gasteiger charge is 2.34. The minimum absolute atomic E-state index is 0.0235. The number of thiocarbonyl (C=S) groups is 1. The molecule has 4 nitrogen and oxygen atoms in total. The van der Waals surface area contributed by atoms with Crippen molar-refractivity contribution in [3.05, 3.63) is 58.6 Å². The highest BCUT2D eigenvalue weighted by molar-refractivity contribution is 7.80. The second kappa shape index (κ2) is 11.9. The van der Waals surface area contributed by atoms with Crippen LogP contribution in [0.5, 0.6) is 0 Å². The molecule has 0 bridgehead atoms. The van der Waals surface area contributed by atoms with Crippen molar-refractivity contribution in [3.63, 3.8) is 0 Å². The zero-order valence-corrected chi connectivity index (χ0v) is 22.0. The third-order valence-corrected chi connectivity index (χ3v) is 7.66. The Morgan fingerprint density at radius 3 is 2.11 bits per heavy atom. The number of alkyl halides is 6. The van der Waals surface area contributed by atoms with Gasteiger partial charge in [0.2, 0.25) is 0 Å². The number of benzene rings is 2. The second-order valence-corrected chi connectivity index (χ2v) is 10.4. The minimum Gasteiger partial charge on any atom is -0.382 e. The van der Waals surface area contributed by atoms with Gasteiger partial charge in [0.05, 0.1) is 28.9 Å². The summed E-state index contributed by atoms with van der Waals surface area (Å²) in [5.41, 5.74) is -0.375. The molecule has 1 saturated carbocycles. The van der Waals surface area contributed by atoms with Crippen LogP contribution in [0.3, 0.4) is 0 Å². The molecule has 0 aromatic heterocycles. The molecule has 1 saturated heterocycles. The van der Waals surface area contributed by atoms with E-state index in [1.165, 1.54) is 18.2 Å². The molecule has 1 heterocycles. The summed E-state index contributed by atoms with van der Waals surface area (Å²) in [6, 6.07) is 9.07. The third-order valence-electron chi connectivity index (χ3n) is 6.95. The molecule has 1 aliphatic heterocycles. The van der Waals surface area contributed by atoms with Crippen LogP contribution in [0.25, 0.3) is 0 Å². The molecule has 1 aliphatic carbocycles. The first-order valence-corrected chi connectivity index (χ1v) is 13.1. The Morgan fingerprint density at radius 2 is 1.53 bits per heavy atom. The number of hydrogen-bond donors (Lipinski definition) is 1. The van der Waals surface area contributed by atoms with Gasteiger partial charge in [-0.05, 0) is 68.1 Å². The number of piperazine rings is 1. The fourth-order valence-electron chi connectivity index (χ4n) is 4.80. The quantitative estimate of drug-likeness (QED) is 0.287. The maximum atomic E-state index is 13.1. The summed E-state index contributed by atoms with van der Waals surface area (Å²) < 4.78 is 83.7. The molecule has 0 atom stereocenters. The summed E-state index contributed by atoms with van der Waals surface area (Å²) in [5.74, 6) is 0. The van der Waals surface area contributed by atoms with Gasteiger partial charge in [-0.3, -0.25) is 0 Å². The smallest absolute Gasteiger partial charge is 0.382 e. The van der Waals surface area contributed by atoms with E-state index in [-0.39, 0.29) is 17.2 Å². The molecule has 2 aliphatic rings. The van der Waals surface area contributed by atoms with Crippen LogP contribution in [-0.4, -0.2) is 54.8 Å². The Labute approximate surface area is 227 Å². The molecule has 38 heavy (non-hydrogen) atoms. The predicted octanol–water partition coefficient (Wildman–Crippen LogP) is 7.27. The van der Waals surface area contributed by atoms with E-state index in [9.17, 15) is 26.3 Å². The van der Waals surface area contributed by atoms with E-state index < -0.39 is 23.5 Å². The highest BCUT2D eigenvalue weighted by Crippen LogP contribution is 2.37. The molecule has 0 amide bonds. The number of halogens is 7. The fourth-order valence-corrected chi connectivity index (χ4v) is 5.27. The van der Waals surface area contributed by atoms with E-state index in [0.717, 1.165) is 49.6 Å². The zero-order valence-electron chi connectivity index (χ0n) is 20.4. The molecular weight excluding hydrogens is 552 g/mol. The number of nitrogens with zero attached hydrogens (tertiary/aromatic N) is 2. The Bertz CT molecular complexity index is 1100. The first-order chi connectivity index (χ1) is 17.9. The van der Waals surface area contributed by atoms with Gasteiger partial charge in [0.1, 0.15) is 4.99 Å². The number of anilines is 2. The molecule has 0 spiro atoms. The van der Waals surface area contributed by atoms with Crippen LogP contribution in [-0.2, 0) is 17.1 Å². The number of rotatable bonds is 6. The van der Waals surface area contributed by atoms with Gasteiger partial charge in [-0.2, -0.15) is 26.3 Å². The Morgan fingerprint density at radius 1 is 0.895 bits per heavy atom. The van der Waals surface area contributed by atoms with Crippen molar-refractivity contribution in [3.8, 4) is 0 Å². The maximum Gasteiger partial charge on any atom is 0.417 e. The third kappa shape index (κ3) is 7.45. The molecule has 2 aromatic carbocycles. The van der Waals surface area contributed by atoms with Crippen LogP contribution >= 0.6 is 23.8 Å². The van der Waals surface area contributed by atoms with Gasteiger partial charge in [0.15, 0.2) is 0 Å². The molecule has 0 unspecified atom stereocenters. The van der Waals surface area contributed by atoms with Crippen LogP contribution in [0.15, 0.2) is 42.5 Å². The van der Waals surface area contributed by atoms with Gasteiger partial charge in [-0.25, -0.2) is 0 Å². The van der Waals surface area contributed by atoms with Crippen LogP contribution in [0, 0.1) is 0 Å². The van der Waals surface area contributed by atoms with Crippen molar-refractivity contribution in [2.75, 3.05) is 43.0 Å². The predicted molar refractivity (Wildman–Crippen MR) is 140 cm³/mol. The van der Waals surface area contributed by atoms with Gasteiger partial charge in [-0.1, -0.05) is 23.8 Å². The Hall–Kier alpha value is -2.24. The molecule has 4 rings (SSSR count). The second-order valence-electron chi connectivity index (χ2n) is 9.53. The van der Waals surface area contributed by atoms with E-state index in [0.29, 0.717) is 43.5 Å². The molecule has 0 radical (unpaired) electrons. The lowest BCUT2D eigenvalue weighted by Gasteiger charge is -2.38. The monoisotopic (exact) mass is 579 g/mol. The van der Waals surface area contributed by atoms with Gasteiger partial charge < -0.3 is 19.9 Å². The van der Waals surface area contributed by atoms with Gasteiger partial charge >= 0.3 is 12.4 Å². The van der Waals surface area contributed by atoms with Gasteiger partial charge in [0.25, 0.3) is 0 Å². The van der Waals surface area contributed by atoms with Crippen molar-refractivity contribution in [1.82, 2.24) is 4.90 Å². The summed E-state index contributed by atoms with van der Waals surface area (Å²) in [5, 5.41) is 2.86. The largest absolute Gasteiger partial charge is 0.417 e. The van der Waals surface area contributed by atoms with Gasteiger partial charge in [0, 0.05) is 43.6 Å². The Kier molecular flexibility index (Phi) is 8.99. The van der Waals surface area contributed by atoms with Crippen LogP contribution in [0.1, 0.15) is 36.8 Å². The SMILES string of the molecule is FC(F)(F)c1ccc(N2CCN(C(=S)CO[C@H]3CC[C@H](Nc4ccc(Cl)c(C(F)(F)F)c4)CC3)CC2)cc1. The average Bonchev–Trinajstić information content (AvgIpc) is 2.88. The summed E-state index contributed by atoms with van der Waals surface area (Å²) in [7, 11) is 0. The summed E-state index contributed by atoms with van der Waals surface area (Å²) in [6.07, 6.45) is -5.79. The standard InChI is InChI=1S/C26H28ClF6N3OS/c27-23-10-5-19(15-22(23)26(31,32)33)34-18-3-8-21(9-4-18)37-16-24(38)36-13-11-35(12-14-36)20-6-1-17(2-7-20)25(28,29)30/h1-2,5-7,10,15,18,21,34H,3-4,8-9,11-14,16H2/t18-,21-. The first kappa shape index (κ1) is 28.8.